The minimum absolute atomic E-state index is 0.243. The molecule has 1 saturated heterocycles. The lowest BCUT2D eigenvalue weighted by Gasteiger charge is -2.34. The zero-order chi connectivity index (χ0) is 19.5. The third kappa shape index (κ3) is 6.81. The lowest BCUT2D eigenvalue weighted by Crippen LogP contribution is -2.47. The first-order chi connectivity index (χ1) is 13.2. The van der Waals surface area contributed by atoms with Gasteiger partial charge in [0, 0.05) is 45.5 Å². The Bertz CT molecular complexity index is 652. The van der Waals surface area contributed by atoms with Crippen LogP contribution in [0.5, 0.6) is 0 Å². The molecule has 0 aromatic heterocycles. The summed E-state index contributed by atoms with van der Waals surface area (Å²) in [6, 6.07) is 6.44. The summed E-state index contributed by atoms with van der Waals surface area (Å²) in [5, 5.41) is 12.1. The fourth-order valence-electron chi connectivity index (χ4n) is 3.02. The van der Waals surface area contributed by atoms with E-state index in [2.05, 4.69) is 15.2 Å². The molecule has 1 aliphatic heterocycles. The van der Waals surface area contributed by atoms with Crippen molar-refractivity contribution in [2.45, 2.75) is 38.8 Å². The summed E-state index contributed by atoms with van der Waals surface area (Å²) in [5.41, 5.74) is 0.806. The number of halogens is 1. The second kappa shape index (κ2) is 11.5. The van der Waals surface area contributed by atoms with Gasteiger partial charge >= 0.3 is 0 Å². The molecule has 1 aromatic carbocycles. The van der Waals surface area contributed by atoms with Gasteiger partial charge in [0.05, 0.1) is 24.3 Å². The Morgan fingerprint density at radius 3 is 2.78 bits per heavy atom. The van der Waals surface area contributed by atoms with Gasteiger partial charge in [-0.1, -0.05) is 6.07 Å². The number of ether oxygens (including phenoxy) is 2. The predicted octanol–water partition coefficient (Wildman–Crippen LogP) is 2.68. The standard InChI is InChI=1S/C20H29FN4O2/c1-3-23-20(24-15-17-6-5-16(14-22)13-19(17)21)25-9-7-18(8-10-25)27-12-4-11-26-2/h5-6,13,18H,3-4,7-12,15H2,1-2H3,(H,23,24). The van der Waals surface area contributed by atoms with Gasteiger partial charge in [-0.15, -0.1) is 0 Å². The van der Waals surface area contributed by atoms with Crippen LogP contribution in [0.3, 0.4) is 0 Å². The monoisotopic (exact) mass is 376 g/mol. The number of likely N-dealkylation sites (tertiary alicyclic amines) is 1. The summed E-state index contributed by atoms with van der Waals surface area (Å²) in [4.78, 5) is 6.78. The van der Waals surface area contributed by atoms with Crippen LogP contribution in [0.15, 0.2) is 23.2 Å². The van der Waals surface area contributed by atoms with E-state index in [4.69, 9.17) is 14.7 Å². The van der Waals surface area contributed by atoms with E-state index in [0.29, 0.717) is 11.1 Å². The number of aliphatic imine (C=N–C) groups is 1. The van der Waals surface area contributed by atoms with E-state index in [1.165, 1.54) is 6.07 Å². The first-order valence-electron chi connectivity index (χ1n) is 9.50. The Labute approximate surface area is 161 Å². The Morgan fingerprint density at radius 1 is 1.37 bits per heavy atom. The van der Waals surface area contributed by atoms with E-state index in [1.807, 2.05) is 13.0 Å². The number of methoxy groups -OCH3 is 1. The average molecular weight is 376 g/mol. The molecule has 0 atom stereocenters. The van der Waals surface area contributed by atoms with Crippen molar-refractivity contribution in [3.05, 3.63) is 35.1 Å². The quantitative estimate of drug-likeness (QED) is 0.429. The summed E-state index contributed by atoms with van der Waals surface area (Å²) < 4.78 is 25.0. The van der Waals surface area contributed by atoms with Gasteiger partial charge in [0.15, 0.2) is 5.96 Å². The Kier molecular flexibility index (Phi) is 9.02. The molecule has 0 bridgehead atoms. The Hall–Kier alpha value is -2.17. The summed E-state index contributed by atoms with van der Waals surface area (Å²) in [6.07, 6.45) is 3.08. The molecule has 6 nitrogen and oxygen atoms in total. The van der Waals surface area contributed by atoms with Gasteiger partial charge in [-0.05, 0) is 38.3 Å². The van der Waals surface area contributed by atoms with Crippen LogP contribution in [0.2, 0.25) is 0 Å². The molecule has 0 radical (unpaired) electrons. The van der Waals surface area contributed by atoms with Crippen LogP contribution in [0.4, 0.5) is 4.39 Å². The fourth-order valence-corrected chi connectivity index (χ4v) is 3.02. The van der Waals surface area contributed by atoms with Crippen molar-refractivity contribution in [1.29, 1.82) is 5.26 Å². The highest BCUT2D eigenvalue weighted by molar-refractivity contribution is 5.80. The van der Waals surface area contributed by atoms with Crippen molar-refractivity contribution >= 4 is 5.96 Å². The Morgan fingerprint density at radius 2 is 2.15 bits per heavy atom. The van der Waals surface area contributed by atoms with Crippen molar-refractivity contribution in [2.75, 3.05) is 40.0 Å². The highest BCUT2D eigenvalue weighted by Crippen LogP contribution is 2.15. The van der Waals surface area contributed by atoms with Crippen molar-refractivity contribution < 1.29 is 13.9 Å². The third-order valence-electron chi connectivity index (χ3n) is 4.50. The number of nitrogens with zero attached hydrogens (tertiary/aromatic N) is 3. The lowest BCUT2D eigenvalue weighted by molar-refractivity contribution is 0.00990. The third-order valence-corrected chi connectivity index (χ3v) is 4.50. The molecule has 0 amide bonds. The van der Waals surface area contributed by atoms with Gasteiger partial charge in [-0.25, -0.2) is 9.38 Å². The molecule has 1 aromatic rings. The van der Waals surface area contributed by atoms with Crippen LogP contribution in [-0.2, 0) is 16.0 Å². The highest BCUT2D eigenvalue weighted by Gasteiger charge is 2.21. The molecular formula is C20H29FN4O2. The smallest absolute Gasteiger partial charge is 0.194 e. The van der Waals surface area contributed by atoms with Crippen LogP contribution in [0, 0.1) is 17.1 Å². The maximum Gasteiger partial charge on any atom is 0.194 e. The van der Waals surface area contributed by atoms with Gasteiger partial charge in [0.2, 0.25) is 0 Å². The van der Waals surface area contributed by atoms with Gasteiger partial charge in [0.25, 0.3) is 0 Å². The first-order valence-corrected chi connectivity index (χ1v) is 9.50. The second-order valence-corrected chi connectivity index (χ2v) is 6.49. The molecule has 148 valence electrons. The van der Waals surface area contributed by atoms with Gasteiger partial charge in [0.1, 0.15) is 5.82 Å². The molecule has 0 saturated carbocycles. The summed E-state index contributed by atoms with van der Waals surface area (Å²) in [7, 11) is 1.70. The van der Waals surface area contributed by atoms with Gasteiger partial charge in [-0.3, -0.25) is 0 Å². The van der Waals surface area contributed by atoms with E-state index < -0.39 is 5.82 Å². The lowest BCUT2D eigenvalue weighted by atomic mass is 10.1. The number of piperidine rings is 1. The Balaban J connectivity index is 1.90. The number of rotatable bonds is 8. The molecule has 1 heterocycles. The van der Waals surface area contributed by atoms with Crippen molar-refractivity contribution in [3.8, 4) is 6.07 Å². The van der Waals surface area contributed by atoms with E-state index in [0.717, 1.165) is 58.1 Å². The topological polar surface area (TPSA) is 69.9 Å². The molecule has 2 rings (SSSR count). The summed E-state index contributed by atoms with van der Waals surface area (Å²) >= 11 is 0. The minimum atomic E-state index is -0.392. The second-order valence-electron chi connectivity index (χ2n) is 6.49. The number of hydrogen-bond donors (Lipinski definition) is 1. The SMILES string of the molecule is CCNC(=NCc1ccc(C#N)cc1F)N1CCC(OCCCOC)CC1. The van der Waals surface area contributed by atoms with Crippen molar-refractivity contribution in [1.82, 2.24) is 10.2 Å². The van der Waals surface area contributed by atoms with E-state index in [1.54, 1.807) is 19.2 Å². The molecule has 27 heavy (non-hydrogen) atoms. The largest absolute Gasteiger partial charge is 0.385 e. The summed E-state index contributed by atoms with van der Waals surface area (Å²) in [6.45, 7) is 6.18. The molecule has 1 aliphatic rings. The molecule has 1 N–H and O–H groups in total. The van der Waals surface area contributed by atoms with Crippen LogP contribution >= 0.6 is 0 Å². The van der Waals surface area contributed by atoms with E-state index in [-0.39, 0.29) is 12.6 Å². The first kappa shape index (κ1) is 21.1. The molecule has 0 unspecified atom stereocenters. The fraction of sp³-hybridized carbons (Fsp3) is 0.600. The van der Waals surface area contributed by atoms with E-state index in [9.17, 15) is 4.39 Å². The number of nitrogens with one attached hydrogen (secondary N) is 1. The maximum atomic E-state index is 14.1. The molecule has 0 spiro atoms. The number of guanidine groups is 1. The molecule has 1 fully saturated rings. The maximum absolute atomic E-state index is 14.1. The highest BCUT2D eigenvalue weighted by atomic mass is 19.1. The normalized spacial score (nSPS) is 15.6. The number of benzene rings is 1. The predicted molar refractivity (Wildman–Crippen MR) is 103 cm³/mol. The van der Waals surface area contributed by atoms with Crippen LogP contribution in [0.1, 0.15) is 37.3 Å². The zero-order valence-corrected chi connectivity index (χ0v) is 16.2. The van der Waals surface area contributed by atoms with Crippen molar-refractivity contribution in [2.24, 2.45) is 4.99 Å². The molecule has 0 aliphatic carbocycles. The van der Waals surface area contributed by atoms with E-state index >= 15 is 0 Å². The number of hydrogen-bond acceptors (Lipinski definition) is 4. The average Bonchev–Trinajstić information content (AvgIpc) is 2.70. The summed E-state index contributed by atoms with van der Waals surface area (Å²) in [5.74, 6) is 0.399. The van der Waals surface area contributed by atoms with Crippen LogP contribution in [-0.4, -0.2) is 56.9 Å². The van der Waals surface area contributed by atoms with Crippen molar-refractivity contribution in [3.63, 3.8) is 0 Å². The van der Waals surface area contributed by atoms with Gasteiger partial charge in [-0.2, -0.15) is 5.26 Å². The van der Waals surface area contributed by atoms with Gasteiger partial charge < -0.3 is 19.7 Å². The van der Waals surface area contributed by atoms with Crippen LogP contribution < -0.4 is 5.32 Å². The van der Waals surface area contributed by atoms with Crippen LogP contribution in [0.25, 0.3) is 0 Å². The minimum Gasteiger partial charge on any atom is -0.385 e. The zero-order valence-electron chi connectivity index (χ0n) is 16.2. The molecular weight excluding hydrogens is 347 g/mol. The number of nitriles is 1. The molecule has 7 heteroatoms.